The summed E-state index contributed by atoms with van der Waals surface area (Å²) in [7, 11) is 0. The van der Waals surface area contributed by atoms with Gasteiger partial charge in [-0.15, -0.1) is 0 Å². The van der Waals surface area contributed by atoms with Gasteiger partial charge in [0.15, 0.2) is 0 Å². The van der Waals surface area contributed by atoms with E-state index in [1.165, 1.54) is 19.3 Å². The summed E-state index contributed by atoms with van der Waals surface area (Å²) >= 11 is 0. The van der Waals surface area contributed by atoms with Crippen molar-refractivity contribution in [3.63, 3.8) is 0 Å². The molecule has 0 saturated heterocycles. The molecule has 0 aromatic heterocycles. The van der Waals surface area contributed by atoms with Crippen LogP contribution in [0.2, 0.25) is 0 Å². The molecule has 0 saturated carbocycles. The summed E-state index contributed by atoms with van der Waals surface area (Å²) in [6.07, 6.45) is 5.46. The normalized spacial score (nSPS) is 10.8. The Kier molecular flexibility index (Phi) is 6.91. The van der Waals surface area contributed by atoms with Gasteiger partial charge >= 0.3 is 0 Å². The van der Waals surface area contributed by atoms with Crippen LogP contribution in [0.15, 0.2) is 0 Å². The molecule has 0 amide bonds. The molecule has 0 rings (SSSR count). The highest BCUT2D eigenvalue weighted by Gasteiger charge is 1.87. The van der Waals surface area contributed by atoms with Gasteiger partial charge in [0.05, 0.1) is 0 Å². The lowest BCUT2D eigenvalue weighted by molar-refractivity contribution is -0.0414. The zero-order valence-electron chi connectivity index (χ0n) is 6.55. The van der Waals surface area contributed by atoms with E-state index < -0.39 is 0 Å². The molecule has 0 spiro atoms. The summed E-state index contributed by atoms with van der Waals surface area (Å²) in [5.74, 6) is 0. The summed E-state index contributed by atoms with van der Waals surface area (Å²) in [4.78, 5) is 0. The Morgan fingerprint density at radius 2 is 1.80 bits per heavy atom. The van der Waals surface area contributed by atoms with Crippen LogP contribution in [0.1, 0.15) is 39.0 Å². The fourth-order valence-electron chi connectivity index (χ4n) is 0.851. The van der Waals surface area contributed by atoms with Crippen molar-refractivity contribution in [3.8, 4) is 0 Å². The van der Waals surface area contributed by atoms with Crippen LogP contribution in [0.5, 0.6) is 0 Å². The lowest BCUT2D eigenvalue weighted by Gasteiger charge is -2.18. The van der Waals surface area contributed by atoms with Crippen LogP contribution in [-0.2, 0) is 0 Å². The quantitative estimate of drug-likeness (QED) is 0.461. The van der Waals surface area contributed by atoms with E-state index in [4.69, 9.17) is 5.21 Å². The van der Waals surface area contributed by atoms with Crippen molar-refractivity contribution in [1.82, 2.24) is 5.23 Å². The second kappa shape index (κ2) is 6.99. The van der Waals surface area contributed by atoms with Crippen molar-refractivity contribution in [3.05, 3.63) is 5.21 Å². The molecule has 3 heteroatoms. The maximum atomic E-state index is 9.95. The lowest BCUT2D eigenvalue weighted by atomic mass is 10.2. The summed E-state index contributed by atoms with van der Waals surface area (Å²) in [6.45, 7) is 2.40. The van der Waals surface area contributed by atoms with E-state index in [9.17, 15) is 5.21 Å². The second-order valence-corrected chi connectivity index (χ2v) is 2.49. The molecule has 10 heavy (non-hydrogen) atoms. The molecular formula is C7H16NO2-. The highest BCUT2D eigenvalue weighted by atomic mass is 16.8. The monoisotopic (exact) mass is 146 g/mol. The predicted octanol–water partition coefficient (Wildman–Crippen LogP) is 2.15. The van der Waals surface area contributed by atoms with Gasteiger partial charge in [-0.3, -0.25) is 5.23 Å². The van der Waals surface area contributed by atoms with Crippen molar-refractivity contribution in [2.24, 2.45) is 0 Å². The first-order chi connectivity index (χ1) is 4.77. The van der Waals surface area contributed by atoms with Gasteiger partial charge in [0.2, 0.25) is 0 Å². The van der Waals surface area contributed by atoms with Crippen LogP contribution in [-0.4, -0.2) is 17.0 Å². The molecule has 0 bridgehead atoms. The van der Waals surface area contributed by atoms with Crippen molar-refractivity contribution < 1.29 is 5.21 Å². The maximum absolute atomic E-state index is 9.95. The summed E-state index contributed by atoms with van der Waals surface area (Å²) in [5.41, 5.74) is 0. The SMILES string of the molecule is CCCCCCCN([O-])O. The van der Waals surface area contributed by atoms with Crippen LogP contribution < -0.4 is 0 Å². The van der Waals surface area contributed by atoms with E-state index in [1.54, 1.807) is 0 Å². The topological polar surface area (TPSA) is 46.5 Å². The van der Waals surface area contributed by atoms with Gasteiger partial charge in [-0.25, -0.2) is 0 Å². The van der Waals surface area contributed by atoms with Crippen molar-refractivity contribution in [2.75, 3.05) is 6.54 Å². The van der Waals surface area contributed by atoms with E-state index in [0.29, 0.717) is 0 Å². The molecule has 62 valence electrons. The maximum Gasteiger partial charge on any atom is 0.0104 e. The molecule has 0 aliphatic rings. The first-order valence-electron chi connectivity index (χ1n) is 3.91. The molecule has 1 N–H and O–H groups in total. The van der Waals surface area contributed by atoms with Crippen molar-refractivity contribution >= 4 is 0 Å². The molecule has 0 fully saturated rings. The van der Waals surface area contributed by atoms with Gasteiger partial charge in [0.1, 0.15) is 0 Å². The average molecular weight is 146 g/mol. The summed E-state index contributed by atoms with van der Waals surface area (Å²) in [5, 5.41) is 18.1. The van der Waals surface area contributed by atoms with E-state index in [2.05, 4.69) is 6.92 Å². The predicted molar refractivity (Wildman–Crippen MR) is 40.6 cm³/mol. The Bertz CT molecular complexity index is 66.6. The zero-order chi connectivity index (χ0) is 7.82. The van der Waals surface area contributed by atoms with Crippen LogP contribution >= 0.6 is 0 Å². The first kappa shape index (κ1) is 9.88. The van der Waals surface area contributed by atoms with Crippen LogP contribution in [0.25, 0.3) is 0 Å². The fourth-order valence-corrected chi connectivity index (χ4v) is 0.851. The number of hydroxylamine groups is 2. The van der Waals surface area contributed by atoms with Gasteiger partial charge in [-0.1, -0.05) is 32.6 Å². The third-order valence-electron chi connectivity index (χ3n) is 1.45. The average Bonchev–Trinajstić information content (AvgIpc) is 1.87. The lowest BCUT2D eigenvalue weighted by Crippen LogP contribution is -2.11. The number of nitrogens with zero attached hydrogens (tertiary/aromatic N) is 1. The molecule has 0 aliphatic carbocycles. The van der Waals surface area contributed by atoms with Crippen molar-refractivity contribution in [2.45, 2.75) is 39.0 Å². The number of hydrogen-bond acceptors (Lipinski definition) is 3. The molecule has 0 aromatic rings. The number of hydrogen-bond donors (Lipinski definition) is 1. The van der Waals surface area contributed by atoms with E-state index in [0.717, 1.165) is 12.8 Å². The minimum atomic E-state index is 0.00590. The molecule has 0 heterocycles. The van der Waals surface area contributed by atoms with Gasteiger partial charge in [0.25, 0.3) is 0 Å². The smallest absolute Gasteiger partial charge is 0.0104 e. The third kappa shape index (κ3) is 7.88. The first-order valence-corrected chi connectivity index (χ1v) is 3.91. The zero-order valence-corrected chi connectivity index (χ0v) is 6.55. The van der Waals surface area contributed by atoms with E-state index in [-0.39, 0.29) is 11.8 Å². The largest absolute Gasteiger partial charge is 0.762 e. The van der Waals surface area contributed by atoms with Gasteiger partial charge in [-0.05, 0) is 6.42 Å². The van der Waals surface area contributed by atoms with E-state index >= 15 is 0 Å². The minimum Gasteiger partial charge on any atom is -0.762 e. The van der Waals surface area contributed by atoms with Crippen LogP contribution in [0.4, 0.5) is 0 Å². The molecule has 0 aliphatic heterocycles. The minimum absolute atomic E-state index is 0.00590. The highest BCUT2D eigenvalue weighted by Crippen LogP contribution is 2.02. The Morgan fingerprint density at radius 3 is 2.30 bits per heavy atom. The number of rotatable bonds is 6. The Morgan fingerprint density at radius 1 is 1.20 bits per heavy atom. The summed E-state index contributed by atoms with van der Waals surface area (Å²) < 4.78 is 0. The van der Waals surface area contributed by atoms with Crippen LogP contribution in [0.3, 0.4) is 0 Å². The molecule has 0 atom stereocenters. The van der Waals surface area contributed by atoms with Gasteiger partial charge in [0, 0.05) is 6.54 Å². The van der Waals surface area contributed by atoms with Gasteiger partial charge < -0.3 is 10.4 Å². The van der Waals surface area contributed by atoms with Crippen LogP contribution in [0, 0.1) is 5.21 Å². The Labute approximate surface area is 62.2 Å². The molecular weight excluding hydrogens is 130 g/mol. The Balaban J connectivity index is 2.77. The molecule has 0 aromatic carbocycles. The van der Waals surface area contributed by atoms with E-state index in [1.807, 2.05) is 0 Å². The summed E-state index contributed by atoms with van der Waals surface area (Å²) in [6, 6.07) is 0. The third-order valence-corrected chi connectivity index (χ3v) is 1.45. The standard InChI is InChI=1S/C7H16NO2/c1-2-3-4-5-6-7-8(9)10/h9H,2-7H2,1H3/q-1. The highest BCUT2D eigenvalue weighted by molar-refractivity contribution is 4.45. The number of unbranched alkanes of at least 4 members (excludes halogenated alkanes) is 4. The van der Waals surface area contributed by atoms with Gasteiger partial charge in [-0.2, -0.15) is 0 Å². The molecule has 0 unspecified atom stereocenters. The van der Waals surface area contributed by atoms with Crippen molar-refractivity contribution in [1.29, 1.82) is 0 Å². The molecule has 0 radical (unpaired) electrons. The Hall–Kier alpha value is -0.120. The second-order valence-electron chi connectivity index (χ2n) is 2.49. The molecule has 3 nitrogen and oxygen atoms in total. The fraction of sp³-hybridized carbons (Fsp3) is 1.00.